The topological polar surface area (TPSA) is 76.4 Å². The molecule has 1 saturated carbocycles. The normalized spacial score (nSPS) is 20.2. The summed E-state index contributed by atoms with van der Waals surface area (Å²) in [7, 11) is 3.53. The molecule has 1 aromatic heterocycles. The molecule has 1 fully saturated rings. The Labute approximate surface area is 208 Å². The molecule has 0 bridgehead atoms. The maximum absolute atomic E-state index is 5.18. The molecule has 2 aromatic rings. The average Bonchev–Trinajstić information content (AvgIpc) is 3.19. The van der Waals surface area contributed by atoms with Crippen molar-refractivity contribution in [1.29, 1.82) is 0 Å². The van der Waals surface area contributed by atoms with Gasteiger partial charge in [-0.3, -0.25) is 4.99 Å². The third-order valence-corrected chi connectivity index (χ3v) is 6.86. The molecule has 0 radical (unpaired) electrons. The van der Waals surface area contributed by atoms with Gasteiger partial charge in [-0.1, -0.05) is 43.5 Å². The van der Waals surface area contributed by atoms with E-state index in [2.05, 4.69) is 56.9 Å². The van der Waals surface area contributed by atoms with E-state index in [1.807, 2.05) is 11.7 Å². The minimum absolute atomic E-state index is 0. The number of fused-ring (bicyclic) bond motifs is 1. The number of aliphatic imine (C=N–C) groups is 1. The van der Waals surface area contributed by atoms with Crippen LogP contribution in [-0.4, -0.2) is 47.5 Å². The number of methoxy groups -OCH3 is 1. The van der Waals surface area contributed by atoms with Crippen molar-refractivity contribution < 1.29 is 4.74 Å². The van der Waals surface area contributed by atoms with Gasteiger partial charge in [0.25, 0.3) is 0 Å². The molecule has 1 unspecified atom stereocenters. The molecule has 4 rings (SSSR count). The second-order valence-electron chi connectivity index (χ2n) is 9.02. The van der Waals surface area contributed by atoms with Crippen LogP contribution in [-0.2, 0) is 29.7 Å². The van der Waals surface area contributed by atoms with Crippen LogP contribution in [0.3, 0.4) is 0 Å². The summed E-state index contributed by atoms with van der Waals surface area (Å²) in [6.07, 6.45) is 8.33. The number of aromatic nitrogens is 3. The molecule has 2 N–H and O–H groups in total. The molecule has 8 heteroatoms. The summed E-state index contributed by atoms with van der Waals surface area (Å²) in [6, 6.07) is 9.18. The molecule has 0 saturated heterocycles. The highest BCUT2D eigenvalue weighted by Crippen LogP contribution is 2.40. The van der Waals surface area contributed by atoms with E-state index in [-0.39, 0.29) is 35.4 Å². The van der Waals surface area contributed by atoms with Gasteiger partial charge < -0.3 is 15.4 Å². The first-order valence-corrected chi connectivity index (χ1v) is 11.6. The number of rotatable bonds is 6. The molecule has 2 heterocycles. The second kappa shape index (κ2) is 11.4. The van der Waals surface area contributed by atoms with Crippen molar-refractivity contribution in [3.8, 4) is 0 Å². The minimum Gasteiger partial charge on any atom is -0.377 e. The Kier molecular flexibility index (Phi) is 8.93. The predicted octanol–water partition coefficient (Wildman–Crippen LogP) is 3.73. The quantitative estimate of drug-likeness (QED) is 0.325. The zero-order valence-electron chi connectivity index (χ0n) is 19.6. The van der Waals surface area contributed by atoms with E-state index in [0.29, 0.717) is 6.61 Å². The minimum atomic E-state index is 0. The number of guanidine groups is 1. The highest BCUT2D eigenvalue weighted by atomic mass is 127. The van der Waals surface area contributed by atoms with Crippen LogP contribution in [0.1, 0.15) is 61.3 Å². The van der Waals surface area contributed by atoms with Gasteiger partial charge in [0.05, 0.1) is 6.54 Å². The third-order valence-electron chi connectivity index (χ3n) is 6.86. The van der Waals surface area contributed by atoms with Gasteiger partial charge in [-0.2, -0.15) is 5.10 Å². The number of ether oxygens (including phenoxy) is 1. The van der Waals surface area contributed by atoms with E-state index in [0.717, 1.165) is 43.5 Å². The molecule has 7 nitrogen and oxygen atoms in total. The van der Waals surface area contributed by atoms with Crippen molar-refractivity contribution in [2.45, 2.75) is 76.5 Å². The smallest absolute Gasteiger partial charge is 0.191 e. The zero-order chi connectivity index (χ0) is 21.7. The Hall–Kier alpha value is -1.68. The molecule has 32 heavy (non-hydrogen) atoms. The first-order chi connectivity index (χ1) is 15.1. The van der Waals surface area contributed by atoms with Crippen LogP contribution in [0.2, 0.25) is 0 Å². The zero-order valence-corrected chi connectivity index (χ0v) is 21.9. The molecule has 0 amide bonds. The summed E-state index contributed by atoms with van der Waals surface area (Å²) < 4.78 is 7.19. The fourth-order valence-electron chi connectivity index (χ4n) is 5.25. The van der Waals surface area contributed by atoms with Gasteiger partial charge in [0.15, 0.2) is 11.8 Å². The van der Waals surface area contributed by atoms with Gasteiger partial charge in [-0.15, -0.1) is 24.0 Å². The molecular weight excluding hydrogens is 515 g/mol. The number of benzene rings is 1. The summed E-state index contributed by atoms with van der Waals surface area (Å²) in [5.74, 6) is 2.69. The van der Waals surface area contributed by atoms with Crippen molar-refractivity contribution in [2.24, 2.45) is 4.99 Å². The van der Waals surface area contributed by atoms with E-state index in [9.17, 15) is 0 Å². The van der Waals surface area contributed by atoms with E-state index in [1.165, 1.54) is 43.2 Å². The van der Waals surface area contributed by atoms with Gasteiger partial charge in [0.1, 0.15) is 12.4 Å². The summed E-state index contributed by atoms with van der Waals surface area (Å²) >= 11 is 0. The highest BCUT2D eigenvalue weighted by Gasteiger charge is 2.35. The van der Waals surface area contributed by atoms with Gasteiger partial charge in [-0.25, -0.2) is 9.67 Å². The summed E-state index contributed by atoms with van der Waals surface area (Å²) in [6.45, 7) is 4.42. The summed E-state index contributed by atoms with van der Waals surface area (Å²) in [5, 5.41) is 11.9. The van der Waals surface area contributed by atoms with Crippen molar-refractivity contribution >= 4 is 29.9 Å². The van der Waals surface area contributed by atoms with Crippen LogP contribution in [0.5, 0.6) is 0 Å². The van der Waals surface area contributed by atoms with Crippen molar-refractivity contribution in [3.05, 3.63) is 47.0 Å². The van der Waals surface area contributed by atoms with Crippen molar-refractivity contribution in [2.75, 3.05) is 20.7 Å². The lowest BCUT2D eigenvalue weighted by atomic mass is 9.68. The standard InChI is InChI=1S/C24H36N6O.HI/c1-18-9-5-6-10-20(18)24(13-7-4-8-14-24)17-26-23(25-2)27-19-11-12-22-28-21(16-31-3)29-30(22)15-19;/h5-6,9-10,19H,4,7-8,11-17H2,1-3H3,(H2,25,26,27);1H. The van der Waals surface area contributed by atoms with Crippen LogP contribution < -0.4 is 10.6 Å². The monoisotopic (exact) mass is 552 g/mol. The Bertz CT molecular complexity index is 906. The SMILES string of the molecule is CN=C(NCC1(c2ccccc2C)CCCCC1)NC1CCc2nc(COC)nn2C1.I. The number of nitrogens with zero attached hydrogens (tertiary/aromatic N) is 4. The van der Waals surface area contributed by atoms with Crippen LogP contribution in [0.15, 0.2) is 29.3 Å². The Morgan fingerprint density at radius 2 is 2.03 bits per heavy atom. The molecule has 1 aromatic carbocycles. The number of aryl methyl sites for hydroxylation is 2. The molecule has 2 aliphatic rings. The lowest BCUT2D eigenvalue weighted by Gasteiger charge is -2.39. The fraction of sp³-hybridized carbons (Fsp3) is 0.625. The van der Waals surface area contributed by atoms with Crippen molar-refractivity contribution in [1.82, 2.24) is 25.4 Å². The highest BCUT2D eigenvalue weighted by molar-refractivity contribution is 14.0. The summed E-state index contributed by atoms with van der Waals surface area (Å²) in [4.78, 5) is 9.11. The van der Waals surface area contributed by atoms with Crippen LogP contribution in [0.4, 0.5) is 0 Å². The van der Waals surface area contributed by atoms with Gasteiger partial charge >= 0.3 is 0 Å². The van der Waals surface area contributed by atoms with Crippen LogP contribution in [0.25, 0.3) is 0 Å². The Morgan fingerprint density at radius 3 is 2.75 bits per heavy atom. The molecule has 1 aliphatic carbocycles. The van der Waals surface area contributed by atoms with Gasteiger partial charge in [0, 0.05) is 38.6 Å². The van der Waals surface area contributed by atoms with Crippen LogP contribution >= 0.6 is 24.0 Å². The lowest BCUT2D eigenvalue weighted by molar-refractivity contribution is 0.177. The maximum Gasteiger partial charge on any atom is 0.191 e. The fourth-order valence-corrected chi connectivity index (χ4v) is 5.25. The van der Waals surface area contributed by atoms with Crippen molar-refractivity contribution in [3.63, 3.8) is 0 Å². The number of nitrogens with one attached hydrogen (secondary N) is 2. The molecule has 176 valence electrons. The number of hydrogen-bond acceptors (Lipinski definition) is 4. The largest absolute Gasteiger partial charge is 0.377 e. The second-order valence-corrected chi connectivity index (χ2v) is 9.02. The number of halogens is 1. The third kappa shape index (κ3) is 5.62. The Balaban J connectivity index is 0.00000289. The molecular formula is C24H37IN6O. The van der Waals surface area contributed by atoms with E-state index in [1.54, 1.807) is 7.11 Å². The van der Waals surface area contributed by atoms with E-state index < -0.39 is 0 Å². The first kappa shape index (κ1) is 25.0. The predicted molar refractivity (Wildman–Crippen MR) is 139 cm³/mol. The molecule has 0 spiro atoms. The lowest BCUT2D eigenvalue weighted by Crippen LogP contribution is -2.51. The van der Waals surface area contributed by atoms with E-state index in [4.69, 9.17) is 4.74 Å². The summed E-state index contributed by atoms with van der Waals surface area (Å²) in [5.41, 5.74) is 3.07. The first-order valence-electron chi connectivity index (χ1n) is 11.6. The molecule has 1 atom stereocenters. The number of hydrogen-bond donors (Lipinski definition) is 2. The van der Waals surface area contributed by atoms with Crippen LogP contribution in [0, 0.1) is 6.92 Å². The van der Waals surface area contributed by atoms with Gasteiger partial charge in [-0.05, 0) is 37.3 Å². The molecule has 1 aliphatic heterocycles. The van der Waals surface area contributed by atoms with E-state index >= 15 is 0 Å². The van der Waals surface area contributed by atoms with Gasteiger partial charge in [0.2, 0.25) is 0 Å². The average molecular weight is 553 g/mol. The maximum atomic E-state index is 5.18. The Morgan fingerprint density at radius 1 is 1.25 bits per heavy atom.